The number of H-pyrrole nitrogens is 1. The van der Waals surface area contributed by atoms with E-state index in [1.54, 1.807) is 25.1 Å². The molecule has 1 atom stereocenters. The zero-order valence-electron chi connectivity index (χ0n) is 11.2. The SMILES string of the molecule is CCNC(CSc1ncc[nH]1)c1ccccc1OC. The van der Waals surface area contributed by atoms with Crippen LogP contribution in [0.4, 0.5) is 0 Å². The molecule has 0 saturated heterocycles. The molecule has 0 spiro atoms. The number of hydrogen-bond donors (Lipinski definition) is 2. The molecule has 0 fully saturated rings. The van der Waals surface area contributed by atoms with Crippen molar-refractivity contribution in [3.63, 3.8) is 0 Å². The molecule has 0 bridgehead atoms. The number of rotatable bonds is 7. The lowest BCUT2D eigenvalue weighted by Gasteiger charge is -2.19. The first kappa shape index (κ1) is 14.0. The van der Waals surface area contributed by atoms with E-state index in [9.17, 15) is 0 Å². The third kappa shape index (κ3) is 3.75. The zero-order chi connectivity index (χ0) is 13.5. The van der Waals surface area contributed by atoms with Gasteiger partial charge in [0.15, 0.2) is 5.16 Å². The molecular weight excluding hydrogens is 258 g/mol. The lowest BCUT2D eigenvalue weighted by atomic mass is 10.1. The van der Waals surface area contributed by atoms with Crippen LogP contribution in [0.25, 0.3) is 0 Å². The van der Waals surface area contributed by atoms with Gasteiger partial charge in [0.25, 0.3) is 0 Å². The van der Waals surface area contributed by atoms with Crippen LogP contribution >= 0.6 is 11.8 Å². The van der Waals surface area contributed by atoms with Crippen LogP contribution in [-0.4, -0.2) is 29.4 Å². The average Bonchev–Trinajstić information content (AvgIpc) is 2.96. The number of imidazole rings is 1. The van der Waals surface area contributed by atoms with Crippen molar-refractivity contribution in [2.24, 2.45) is 0 Å². The quantitative estimate of drug-likeness (QED) is 0.764. The molecule has 2 N–H and O–H groups in total. The molecule has 0 aliphatic carbocycles. The molecule has 2 rings (SSSR count). The molecule has 2 aromatic rings. The highest BCUT2D eigenvalue weighted by Gasteiger charge is 2.15. The van der Waals surface area contributed by atoms with E-state index in [4.69, 9.17) is 4.74 Å². The van der Waals surface area contributed by atoms with Crippen LogP contribution < -0.4 is 10.1 Å². The second kappa shape index (κ2) is 7.21. The fourth-order valence-electron chi connectivity index (χ4n) is 1.95. The topological polar surface area (TPSA) is 49.9 Å². The van der Waals surface area contributed by atoms with E-state index >= 15 is 0 Å². The number of methoxy groups -OCH3 is 1. The van der Waals surface area contributed by atoms with E-state index in [0.29, 0.717) is 0 Å². The Bertz CT molecular complexity index is 487. The Morgan fingerprint density at radius 1 is 1.42 bits per heavy atom. The summed E-state index contributed by atoms with van der Waals surface area (Å²) in [5.41, 5.74) is 1.19. The highest BCUT2D eigenvalue weighted by atomic mass is 32.2. The predicted octanol–water partition coefficient (Wildman–Crippen LogP) is 2.86. The second-order valence-corrected chi connectivity index (χ2v) is 5.07. The third-order valence-corrected chi connectivity index (χ3v) is 3.82. The van der Waals surface area contributed by atoms with Gasteiger partial charge in [0.2, 0.25) is 0 Å². The molecule has 102 valence electrons. The fraction of sp³-hybridized carbons (Fsp3) is 0.357. The molecular formula is C14H19N3OS. The summed E-state index contributed by atoms with van der Waals surface area (Å²) >= 11 is 1.70. The minimum Gasteiger partial charge on any atom is -0.496 e. The van der Waals surface area contributed by atoms with Gasteiger partial charge >= 0.3 is 0 Å². The van der Waals surface area contributed by atoms with Crippen molar-refractivity contribution in [2.75, 3.05) is 19.4 Å². The summed E-state index contributed by atoms with van der Waals surface area (Å²) in [6.45, 7) is 3.03. The van der Waals surface area contributed by atoms with Gasteiger partial charge in [-0.05, 0) is 12.6 Å². The van der Waals surface area contributed by atoms with Crippen LogP contribution in [0.2, 0.25) is 0 Å². The lowest BCUT2D eigenvalue weighted by molar-refractivity contribution is 0.403. The van der Waals surface area contributed by atoms with Crippen LogP contribution in [0.5, 0.6) is 5.75 Å². The molecule has 1 aromatic heterocycles. The number of nitrogens with one attached hydrogen (secondary N) is 2. The number of thioether (sulfide) groups is 1. The van der Waals surface area contributed by atoms with Crippen molar-refractivity contribution in [1.82, 2.24) is 15.3 Å². The van der Waals surface area contributed by atoms with Crippen LogP contribution in [-0.2, 0) is 0 Å². The van der Waals surface area contributed by atoms with Crippen molar-refractivity contribution < 1.29 is 4.74 Å². The maximum absolute atomic E-state index is 5.44. The highest BCUT2D eigenvalue weighted by Crippen LogP contribution is 2.28. The molecule has 0 saturated carbocycles. The second-order valence-electron chi connectivity index (χ2n) is 4.06. The van der Waals surface area contributed by atoms with Gasteiger partial charge in [0.1, 0.15) is 5.75 Å². The van der Waals surface area contributed by atoms with Gasteiger partial charge in [-0.1, -0.05) is 36.9 Å². The summed E-state index contributed by atoms with van der Waals surface area (Å²) in [5.74, 6) is 1.83. The molecule has 1 aromatic carbocycles. The van der Waals surface area contributed by atoms with Gasteiger partial charge in [0, 0.05) is 29.8 Å². The Morgan fingerprint density at radius 2 is 2.26 bits per heavy atom. The average molecular weight is 277 g/mol. The summed E-state index contributed by atoms with van der Waals surface area (Å²) in [6.07, 6.45) is 3.61. The first-order valence-electron chi connectivity index (χ1n) is 6.33. The number of ether oxygens (including phenoxy) is 1. The van der Waals surface area contributed by atoms with Crippen molar-refractivity contribution in [3.05, 3.63) is 42.2 Å². The van der Waals surface area contributed by atoms with Gasteiger partial charge in [-0.3, -0.25) is 0 Å². The predicted molar refractivity (Wildman–Crippen MR) is 78.7 cm³/mol. The lowest BCUT2D eigenvalue weighted by Crippen LogP contribution is -2.23. The maximum Gasteiger partial charge on any atom is 0.165 e. The van der Waals surface area contributed by atoms with Crippen LogP contribution in [0.3, 0.4) is 0 Å². The number of hydrogen-bond acceptors (Lipinski definition) is 4. The Labute approximate surface area is 118 Å². The first-order valence-corrected chi connectivity index (χ1v) is 7.32. The monoisotopic (exact) mass is 277 g/mol. The Balaban J connectivity index is 2.10. The van der Waals surface area contributed by atoms with Crippen LogP contribution in [0.1, 0.15) is 18.5 Å². The van der Waals surface area contributed by atoms with E-state index in [0.717, 1.165) is 23.2 Å². The fourth-order valence-corrected chi connectivity index (χ4v) is 2.86. The number of benzene rings is 1. The van der Waals surface area contributed by atoms with Crippen molar-refractivity contribution in [1.29, 1.82) is 0 Å². The van der Waals surface area contributed by atoms with Crippen molar-refractivity contribution in [3.8, 4) is 5.75 Å². The number of para-hydroxylation sites is 1. The van der Waals surface area contributed by atoms with Gasteiger partial charge in [-0.15, -0.1) is 0 Å². The Hall–Kier alpha value is -1.46. The molecule has 5 heteroatoms. The Kier molecular flexibility index (Phi) is 5.30. The van der Waals surface area contributed by atoms with Crippen molar-refractivity contribution in [2.45, 2.75) is 18.1 Å². The molecule has 1 heterocycles. The minimum absolute atomic E-state index is 0.247. The van der Waals surface area contributed by atoms with E-state index in [-0.39, 0.29) is 6.04 Å². The normalized spacial score (nSPS) is 12.3. The van der Waals surface area contributed by atoms with Crippen molar-refractivity contribution >= 4 is 11.8 Å². The molecule has 19 heavy (non-hydrogen) atoms. The number of nitrogens with zero attached hydrogens (tertiary/aromatic N) is 1. The molecule has 0 radical (unpaired) electrons. The van der Waals surface area contributed by atoms with Gasteiger partial charge in [-0.25, -0.2) is 4.98 Å². The van der Waals surface area contributed by atoms with Gasteiger partial charge in [-0.2, -0.15) is 0 Å². The van der Waals surface area contributed by atoms with E-state index < -0.39 is 0 Å². The minimum atomic E-state index is 0.247. The zero-order valence-corrected chi connectivity index (χ0v) is 12.0. The molecule has 0 amide bonds. The van der Waals surface area contributed by atoms with E-state index in [1.165, 1.54) is 5.56 Å². The molecule has 0 aliphatic rings. The molecule has 1 unspecified atom stereocenters. The Morgan fingerprint density at radius 3 is 2.95 bits per heavy atom. The van der Waals surface area contributed by atoms with Crippen LogP contribution in [0.15, 0.2) is 41.8 Å². The van der Waals surface area contributed by atoms with E-state index in [1.807, 2.05) is 24.4 Å². The molecule has 4 nitrogen and oxygen atoms in total. The first-order chi connectivity index (χ1) is 9.35. The summed E-state index contributed by atoms with van der Waals surface area (Å²) in [7, 11) is 1.71. The summed E-state index contributed by atoms with van der Waals surface area (Å²) < 4.78 is 5.44. The van der Waals surface area contributed by atoms with E-state index in [2.05, 4.69) is 28.3 Å². The summed E-state index contributed by atoms with van der Waals surface area (Å²) in [5, 5.41) is 4.44. The highest BCUT2D eigenvalue weighted by molar-refractivity contribution is 7.99. The van der Waals surface area contributed by atoms with Gasteiger partial charge < -0.3 is 15.0 Å². The molecule has 0 aliphatic heterocycles. The maximum atomic E-state index is 5.44. The van der Waals surface area contributed by atoms with Crippen LogP contribution in [0, 0.1) is 0 Å². The summed E-state index contributed by atoms with van der Waals surface area (Å²) in [6, 6.07) is 8.38. The third-order valence-electron chi connectivity index (χ3n) is 2.82. The number of aromatic nitrogens is 2. The summed E-state index contributed by atoms with van der Waals surface area (Å²) in [4.78, 5) is 7.34. The largest absolute Gasteiger partial charge is 0.496 e. The standard InChI is InChI=1S/C14H19N3OS/c1-3-15-12(10-19-14-16-8-9-17-14)11-6-4-5-7-13(11)18-2/h4-9,12,15H,3,10H2,1-2H3,(H,16,17). The van der Waals surface area contributed by atoms with Gasteiger partial charge in [0.05, 0.1) is 7.11 Å². The smallest absolute Gasteiger partial charge is 0.165 e. The number of aromatic amines is 1.